The van der Waals surface area contributed by atoms with E-state index in [1.54, 1.807) is 22.4 Å². The van der Waals surface area contributed by atoms with Crippen molar-refractivity contribution in [1.29, 1.82) is 0 Å². The zero-order valence-electron chi connectivity index (χ0n) is 23.0. The second-order valence-electron chi connectivity index (χ2n) is 9.77. The Kier molecular flexibility index (Phi) is 6.40. The predicted octanol–water partition coefficient (Wildman–Crippen LogP) is 3.67. The van der Waals surface area contributed by atoms with E-state index in [-0.39, 0.29) is 11.5 Å². The van der Waals surface area contributed by atoms with Crippen molar-refractivity contribution in [3.63, 3.8) is 0 Å². The fraction of sp³-hybridized carbons (Fsp3) is 0.161. The van der Waals surface area contributed by atoms with E-state index in [0.717, 1.165) is 16.6 Å². The molecule has 0 radical (unpaired) electrons. The molecule has 0 bridgehead atoms. The standard InChI is InChI=1S/C31H26N8O2/c1-19(35-30(40)27-20(2)36-38-18-32-17-33-29(27)38)26-15-23-10-8-9-22(13-14-24-16-34-37(4)21(24)3)28(23)31(41)39(26)25-11-6-5-7-12-25/h5-12,15-19H,1-4H3,(H,35,40)/t19-/m0/s1. The van der Waals surface area contributed by atoms with Gasteiger partial charge < -0.3 is 5.32 Å². The van der Waals surface area contributed by atoms with Crippen LogP contribution in [-0.4, -0.2) is 39.8 Å². The number of nitrogens with zero attached hydrogens (tertiary/aromatic N) is 7. The topological polar surface area (TPSA) is 112 Å². The van der Waals surface area contributed by atoms with Crippen molar-refractivity contribution in [2.45, 2.75) is 26.8 Å². The third-order valence-corrected chi connectivity index (χ3v) is 7.16. The molecule has 6 rings (SSSR count). The third-order valence-electron chi connectivity index (χ3n) is 7.16. The molecule has 0 saturated heterocycles. The van der Waals surface area contributed by atoms with Crippen molar-refractivity contribution < 1.29 is 4.79 Å². The number of hydrogen-bond donors (Lipinski definition) is 1. The SMILES string of the molecule is Cc1nn2cncnc2c1C(=O)N[C@@H](C)c1cc2cccc(C#Cc3cnn(C)c3C)c2c(=O)n1-c1ccccc1. The number of carbonyl (C=O) groups excluding carboxylic acids is 1. The molecule has 0 aliphatic carbocycles. The lowest BCUT2D eigenvalue weighted by Gasteiger charge is -2.21. The summed E-state index contributed by atoms with van der Waals surface area (Å²) in [5, 5.41) is 12.9. The summed E-state index contributed by atoms with van der Waals surface area (Å²) in [6.45, 7) is 5.55. The second kappa shape index (κ2) is 10.2. The van der Waals surface area contributed by atoms with Gasteiger partial charge in [0.15, 0.2) is 5.65 Å². The fourth-order valence-corrected chi connectivity index (χ4v) is 4.93. The molecule has 0 unspecified atom stereocenters. The van der Waals surface area contributed by atoms with E-state index in [2.05, 4.69) is 37.3 Å². The number of aromatic nitrogens is 7. The van der Waals surface area contributed by atoms with Gasteiger partial charge in [0, 0.05) is 24.0 Å². The van der Waals surface area contributed by atoms with Crippen LogP contribution in [0.1, 0.15) is 51.5 Å². The number of carbonyl (C=O) groups is 1. The molecule has 4 aromatic heterocycles. The summed E-state index contributed by atoms with van der Waals surface area (Å²) >= 11 is 0. The number of amides is 1. The van der Waals surface area contributed by atoms with Gasteiger partial charge in [-0.05, 0) is 50.4 Å². The number of benzene rings is 2. The van der Waals surface area contributed by atoms with Crippen LogP contribution >= 0.6 is 0 Å². The second-order valence-corrected chi connectivity index (χ2v) is 9.77. The number of rotatable bonds is 4. The van der Waals surface area contributed by atoms with Crippen molar-refractivity contribution in [1.82, 2.24) is 39.2 Å². The zero-order valence-corrected chi connectivity index (χ0v) is 23.0. The maximum Gasteiger partial charge on any atom is 0.264 e. The van der Waals surface area contributed by atoms with Gasteiger partial charge in [-0.15, -0.1) is 0 Å². The van der Waals surface area contributed by atoms with Crippen molar-refractivity contribution in [3.8, 4) is 17.5 Å². The summed E-state index contributed by atoms with van der Waals surface area (Å²) in [7, 11) is 1.86. The van der Waals surface area contributed by atoms with Crippen LogP contribution in [0.3, 0.4) is 0 Å². The Bertz CT molecular complexity index is 2080. The van der Waals surface area contributed by atoms with Gasteiger partial charge in [0.1, 0.15) is 18.2 Å². The van der Waals surface area contributed by atoms with E-state index < -0.39 is 6.04 Å². The minimum absolute atomic E-state index is 0.225. The first-order valence-electron chi connectivity index (χ1n) is 13.0. The molecule has 1 atom stereocenters. The minimum atomic E-state index is -0.538. The average Bonchev–Trinajstić information content (AvgIpc) is 3.49. The summed E-state index contributed by atoms with van der Waals surface area (Å²) in [5.41, 5.74) is 4.74. The lowest BCUT2D eigenvalue weighted by Crippen LogP contribution is -2.32. The van der Waals surface area contributed by atoms with Crippen LogP contribution < -0.4 is 10.9 Å². The summed E-state index contributed by atoms with van der Waals surface area (Å²) in [6, 6.07) is 16.4. The van der Waals surface area contributed by atoms with Crippen molar-refractivity contribution in [2.24, 2.45) is 7.05 Å². The van der Waals surface area contributed by atoms with Crippen LogP contribution in [0.5, 0.6) is 0 Å². The van der Waals surface area contributed by atoms with E-state index >= 15 is 0 Å². The maximum atomic E-state index is 14.2. The number of nitrogens with one attached hydrogen (secondary N) is 1. The van der Waals surface area contributed by atoms with Gasteiger partial charge in [-0.25, -0.2) is 14.5 Å². The van der Waals surface area contributed by atoms with Gasteiger partial charge in [-0.3, -0.25) is 18.8 Å². The highest BCUT2D eigenvalue weighted by atomic mass is 16.2. The molecule has 1 N–H and O–H groups in total. The van der Waals surface area contributed by atoms with Crippen molar-refractivity contribution in [2.75, 3.05) is 0 Å². The molecular formula is C31H26N8O2. The Balaban J connectivity index is 1.48. The number of aryl methyl sites for hydroxylation is 2. The monoisotopic (exact) mass is 542 g/mol. The van der Waals surface area contributed by atoms with Gasteiger partial charge in [-0.2, -0.15) is 10.2 Å². The van der Waals surface area contributed by atoms with E-state index in [9.17, 15) is 9.59 Å². The number of pyridine rings is 1. The normalized spacial score (nSPS) is 11.8. The van der Waals surface area contributed by atoms with Crippen molar-refractivity contribution >= 4 is 22.3 Å². The molecule has 41 heavy (non-hydrogen) atoms. The first-order chi connectivity index (χ1) is 19.8. The van der Waals surface area contributed by atoms with Crippen LogP contribution in [0.2, 0.25) is 0 Å². The van der Waals surface area contributed by atoms with E-state index in [1.165, 1.54) is 17.2 Å². The highest BCUT2D eigenvalue weighted by molar-refractivity contribution is 6.01. The first-order valence-corrected chi connectivity index (χ1v) is 13.0. The fourth-order valence-electron chi connectivity index (χ4n) is 4.93. The first kappa shape index (κ1) is 25.7. The summed E-state index contributed by atoms with van der Waals surface area (Å²) in [5.74, 6) is 6.02. The minimum Gasteiger partial charge on any atom is -0.344 e. The average molecular weight is 543 g/mol. The smallest absolute Gasteiger partial charge is 0.264 e. The molecule has 202 valence electrons. The molecule has 10 nitrogen and oxygen atoms in total. The number of para-hydroxylation sites is 1. The molecule has 0 aliphatic heterocycles. The number of fused-ring (bicyclic) bond motifs is 2. The Hall–Kier alpha value is -5.56. The van der Waals surface area contributed by atoms with Crippen molar-refractivity contribution in [3.05, 3.63) is 118 Å². The van der Waals surface area contributed by atoms with Crippen LogP contribution in [0.4, 0.5) is 0 Å². The molecule has 6 aromatic rings. The van der Waals surface area contributed by atoms with Crippen LogP contribution in [-0.2, 0) is 7.05 Å². The number of hydrogen-bond acceptors (Lipinski definition) is 6. The van der Waals surface area contributed by atoms with E-state index in [1.807, 2.05) is 75.5 Å². The quantitative estimate of drug-likeness (QED) is 0.340. The van der Waals surface area contributed by atoms with E-state index in [0.29, 0.717) is 39.2 Å². The summed E-state index contributed by atoms with van der Waals surface area (Å²) < 4.78 is 4.87. The summed E-state index contributed by atoms with van der Waals surface area (Å²) in [6.07, 6.45) is 4.60. The molecule has 1 amide bonds. The van der Waals surface area contributed by atoms with Gasteiger partial charge in [0.2, 0.25) is 0 Å². The summed E-state index contributed by atoms with van der Waals surface area (Å²) in [4.78, 5) is 35.9. The predicted molar refractivity (Wildman–Crippen MR) is 155 cm³/mol. The van der Waals surface area contributed by atoms with Gasteiger partial charge >= 0.3 is 0 Å². The Labute approximate surface area is 235 Å². The Morgan fingerprint density at radius 3 is 2.56 bits per heavy atom. The zero-order chi connectivity index (χ0) is 28.7. The third kappa shape index (κ3) is 4.53. The largest absolute Gasteiger partial charge is 0.344 e. The molecular weight excluding hydrogens is 516 g/mol. The maximum absolute atomic E-state index is 14.2. The van der Waals surface area contributed by atoms with Crippen LogP contribution in [0, 0.1) is 25.7 Å². The van der Waals surface area contributed by atoms with Gasteiger partial charge in [-0.1, -0.05) is 42.2 Å². The molecule has 0 aliphatic rings. The molecule has 0 saturated carbocycles. The lowest BCUT2D eigenvalue weighted by molar-refractivity contribution is 0.0939. The molecule has 4 heterocycles. The highest BCUT2D eigenvalue weighted by Gasteiger charge is 2.23. The lowest BCUT2D eigenvalue weighted by atomic mass is 10.0. The van der Waals surface area contributed by atoms with E-state index in [4.69, 9.17) is 0 Å². The van der Waals surface area contributed by atoms with Crippen LogP contribution in [0.25, 0.3) is 22.1 Å². The van der Waals surface area contributed by atoms with Gasteiger partial charge in [0.05, 0.1) is 34.6 Å². The molecule has 0 spiro atoms. The molecule has 2 aromatic carbocycles. The Morgan fingerprint density at radius 2 is 1.80 bits per heavy atom. The van der Waals surface area contributed by atoms with Gasteiger partial charge in [0.25, 0.3) is 11.5 Å². The Morgan fingerprint density at radius 1 is 1.02 bits per heavy atom. The molecule has 10 heteroatoms. The molecule has 0 fully saturated rings. The van der Waals surface area contributed by atoms with Crippen LogP contribution in [0.15, 0.2) is 78.2 Å². The highest BCUT2D eigenvalue weighted by Crippen LogP contribution is 2.24.